The largest absolute Gasteiger partial charge is 0.478 e. The van der Waals surface area contributed by atoms with E-state index in [9.17, 15) is 9.59 Å². The van der Waals surface area contributed by atoms with Crippen molar-refractivity contribution in [1.29, 1.82) is 0 Å². The lowest BCUT2D eigenvalue weighted by atomic mass is 10.1. The number of pyridine rings is 1. The third kappa shape index (κ3) is 3.17. The Kier molecular flexibility index (Phi) is 3.89. The summed E-state index contributed by atoms with van der Waals surface area (Å²) in [5.74, 6) is -1.64. The van der Waals surface area contributed by atoms with E-state index in [-0.39, 0.29) is 16.9 Å². The monoisotopic (exact) mass is 285 g/mol. The number of carbonyl (C=O) groups excluding carboxylic acids is 1. The van der Waals surface area contributed by atoms with Crippen molar-refractivity contribution in [1.82, 2.24) is 4.98 Å². The van der Waals surface area contributed by atoms with Crippen molar-refractivity contribution in [2.24, 2.45) is 5.73 Å². The zero-order chi connectivity index (χ0) is 15.6. The second-order valence-electron chi connectivity index (χ2n) is 4.68. The lowest BCUT2D eigenvalue weighted by Gasteiger charge is -2.12. The molecule has 4 N–H and O–H groups in total. The fraction of sp³-hybridized carbons (Fsp3) is 0.133. The molecule has 1 aromatic heterocycles. The Morgan fingerprint density at radius 2 is 1.76 bits per heavy atom. The first kappa shape index (κ1) is 14.5. The van der Waals surface area contributed by atoms with Crippen molar-refractivity contribution < 1.29 is 14.7 Å². The van der Waals surface area contributed by atoms with Crippen LogP contribution in [0.25, 0.3) is 0 Å². The van der Waals surface area contributed by atoms with E-state index in [2.05, 4.69) is 10.3 Å². The zero-order valence-electron chi connectivity index (χ0n) is 11.7. The van der Waals surface area contributed by atoms with Gasteiger partial charge in [0.05, 0.1) is 16.8 Å². The van der Waals surface area contributed by atoms with E-state index >= 15 is 0 Å². The van der Waals surface area contributed by atoms with Crippen LogP contribution in [0.4, 0.5) is 11.5 Å². The minimum atomic E-state index is -1.15. The Hall–Kier alpha value is -2.89. The summed E-state index contributed by atoms with van der Waals surface area (Å²) in [4.78, 5) is 26.7. The number of nitrogens with zero attached hydrogens (tertiary/aromatic N) is 1. The van der Waals surface area contributed by atoms with Crippen LogP contribution >= 0.6 is 0 Å². The standard InChI is InChI=1S/C15H15N3O3/c1-8-3-5-10(6-4-8)18-14-12(13(16)19)7-11(15(20)21)9(2)17-14/h3-7H,1-2H3,(H2,16,19)(H,17,18)(H,20,21). The molecule has 0 aliphatic heterocycles. The summed E-state index contributed by atoms with van der Waals surface area (Å²) in [6.45, 7) is 3.53. The van der Waals surface area contributed by atoms with Crippen LogP contribution in [0.5, 0.6) is 0 Å². The maximum absolute atomic E-state index is 11.5. The number of benzene rings is 1. The first-order valence-corrected chi connectivity index (χ1v) is 6.27. The van der Waals surface area contributed by atoms with Gasteiger partial charge in [0, 0.05) is 5.69 Å². The number of hydrogen-bond donors (Lipinski definition) is 3. The Morgan fingerprint density at radius 1 is 1.14 bits per heavy atom. The summed E-state index contributed by atoms with van der Waals surface area (Å²) in [6, 6.07) is 8.73. The van der Waals surface area contributed by atoms with Gasteiger partial charge in [-0.3, -0.25) is 4.79 Å². The van der Waals surface area contributed by atoms with Gasteiger partial charge in [-0.05, 0) is 32.0 Å². The van der Waals surface area contributed by atoms with Gasteiger partial charge in [0.2, 0.25) is 0 Å². The number of hydrogen-bond acceptors (Lipinski definition) is 4. The number of anilines is 2. The molecule has 2 rings (SSSR count). The number of primary amides is 1. The molecule has 0 aliphatic carbocycles. The molecule has 6 heteroatoms. The fourth-order valence-electron chi connectivity index (χ4n) is 1.88. The van der Waals surface area contributed by atoms with Crippen molar-refractivity contribution in [3.8, 4) is 0 Å². The van der Waals surface area contributed by atoms with Crippen LogP contribution in [-0.4, -0.2) is 22.0 Å². The first-order chi connectivity index (χ1) is 9.88. The summed E-state index contributed by atoms with van der Waals surface area (Å²) in [5.41, 5.74) is 7.44. The molecule has 1 heterocycles. The SMILES string of the molecule is Cc1ccc(Nc2nc(C)c(C(=O)O)cc2C(N)=O)cc1. The lowest BCUT2D eigenvalue weighted by molar-refractivity contribution is 0.0695. The van der Waals surface area contributed by atoms with Gasteiger partial charge in [-0.25, -0.2) is 9.78 Å². The van der Waals surface area contributed by atoms with Crippen LogP contribution in [0.15, 0.2) is 30.3 Å². The second-order valence-corrected chi connectivity index (χ2v) is 4.68. The number of aromatic carboxylic acids is 1. The average molecular weight is 285 g/mol. The van der Waals surface area contributed by atoms with Crippen molar-refractivity contribution in [3.05, 3.63) is 52.7 Å². The van der Waals surface area contributed by atoms with Crippen molar-refractivity contribution in [3.63, 3.8) is 0 Å². The molecule has 1 amide bonds. The number of rotatable bonds is 4. The predicted molar refractivity (Wildman–Crippen MR) is 78.9 cm³/mol. The topological polar surface area (TPSA) is 105 Å². The summed E-state index contributed by atoms with van der Waals surface area (Å²) >= 11 is 0. The molecule has 0 spiro atoms. The number of aryl methyl sites for hydroxylation is 2. The Balaban J connectivity index is 2.47. The van der Waals surface area contributed by atoms with Crippen LogP contribution in [0.2, 0.25) is 0 Å². The van der Waals surface area contributed by atoms with Crippen LogP contribution < -0.4 is 11.1 Å². The van der Waals surface area contributed by atoms with Gasteiger partial charge in [-0.1, -0.05) is 17.7 Å². The Bertz CT molecular complexity index is 709. The highest BCUT2D eigenvalue weighted by molar-refractivity contribution is 6.01. The highest BCUT2D eigenvalue weighted by atomic mass is 16.4. The molecular weight excluding hydrogens is 270 g/mol. The van der Waals surface area contributed by atoms with E-state index < -0.39 is 11.9 Å². The van der Waals surface area contributed by atoms with Crippen molar-refractivity contribution >= 4 is 23.4 Å². The van der Waals surface area contributed by atoms with E-state index in [4.69, 9.17) is 10.8 Å². The van der Waals surface area contributed by atoms with Crippen LogP contribution in [-0.2, 0) is 0 Å². The van der Waals surface area contributed by atoms with Crippen LogP contribution in [0, 0.1) is 13.8 Å². The zero-order valence-corrected chi connectivity index (χ0v) is 11.7. The van der Waals surface area contributed by atoms with E-state index in [1.54, 1.807) is 6.92 Å². The molecule has 0 atom stereocenters. The van der Waals surface area contributed by atoms with Crippen molar-refractivity contribution in [2.75, 3.05) is 5.32 Å². The van der Waals surface area contributed by atoms with Gasteiger partial charge in [-0.15, -0.1) is 0 Å². The molecule has 0 fully saturated rings. The molecule has 0 saturated heterocycles. The first-order valence-electron chi connectivity index (χ1n) is 6.27. The maximum Gasteiger partial charge on any atom is 0.337 e. The summed E-state index contributed by atoms with van der Waals surface area (Å²) < 4.78 is 0. The summed E-state index contributed by atoms with van der Waals surface area (Å²) in [6.07, 6.45) is 0. The molecule has 0 unspecified atom stereocenters. The molecule has 2 aromatic rings. The molecule has 0 saturated carbocycles. The number of carboxylic acids is 1. The number of aromatic nitrogens is 1. The van der Waals surface area contributed by atoms with Crippen molar-refractivity contribution in [2.45, 2.75) is 13.8 Å². The summed E-state index contributed by atoms with van der Waals surface area (Å²) in [5, 5.41) is 12.1. The Morgan fingerprint density at radius 3 is 2.29 bits per heavy atom. The minimum absolute atomic E-state index is 0.0403. The predicted octanol–water partition coefficient (Wildman–Crippen LogP) is 2.24. The third-order valence-corrected chi connectivity index (χ3v) is 3.02. The lowest BCUT2D eigenvalue weighted by Crippen LogP contribution is -2.17. The number of carbonyl (C=O) groups is 2. The molecule has 6 nitrogen and oxygen atoms in total. The molecule has 21 heavy (non-hydrogen) atoms. The van der Waals surface area contributed by atoms with Gasteiger partial charge in [0.25, 0.3) is 5.91 Å². The highest BCUT2D eigenvalue weighted by Crippen LogP contribution is 2.22. The van der Waals surface area contributed by atoms with Gasteiger partial charge < -0.3 is 16.2 Å². The number of carboxylic acid groups (broad SMARTS) is 1. The second kappa shape index (κ2) is 5.62. The van der Waals surface area contributed by atoms with Gasteiger partial charge in [-0.2, -0.15) is 0 Å². The van der Waals surface area contributed by atoms with Crippen LogP contribution in [0.1, 0.15) is 32.0 Å². The molecule has 108 valence electrons. The highest BCUT2D eigenvalue weighted by Gasteiger charge is 2.17. The minimum Gasteiger partial charge on any atom is -0.478 e. The normalized spacial score (nSPS) is 10.2. The van der Waals surface area contributed by atoms with Gasteiger partial charge >= 0.3 is 5.97 Å². The van der Waals surface area contributed by atoms with E-state index in [1.807, 2.05) is 31.2 Å². The maximum atomic E-state index is 11.5. The summed E-state index contributed by atoms with van der Waals surface area (Å²) in [7, 11) is 0. The molecule has 1 aromatic carbocycles. The smallest absolute Gasteiger partial charge is 0.337 e. The van der Waals surface area contributed by atoms with Crippen LogP contribution in [0.3, 0.4) is 0 Å². The van der Waals surface area contributed by atoms with E-state index in [0.29, 0.717) is 5.69 Å². The fourth-order valence-corrected chi connectivity index (χ4v) is 1.88. The number of amides is 1. The molecule has 0 aliphatic rings. The quantitative estimate of drug-likeness (QED) is 0.799. The van der Waals surface area contributed by atoms with Gasteiger partial charge in [0.1, 0.15) is 5.82 Å². The molecular formula is C15H15N3O3. The third-order valence-electron chi connectivity index (χ3n) is 3.02. The Labute approximate surface area is 121 Å². The van der Waals surface area contributed by atoms with Gasteiger partial charge in [0.15, 0.2) is 0 Å². The van der Waals surface area contributed by atoms with E-state index in [0.717, 1.165) is 11.3 Å². The average Bonchev–Trinajstić information content (AvgIpc) is 2.40. The number of nitrogens with one attached hydrogen (secondary N) is 1. The molecule has 0 radical (unpaired) electrons. The number of nitrogens with two attached hydrogens (primary N) is 1. The molecule has 0 bridgehead atoms. The van der Waals surface area contributed by atoms with E-state index in [1.165, 1.54) is 6.07 Å².